The van der Waals surface area contributed by atoms with E-state index in [1.807, 2.05) is 13.8 Å². The second-order valence-corrected chi connectivity index (χ2v) is 2.52. The van der Waals surface area contributed by atoms with Crippen LogP contribution in [0.1, 0.15) is 26.7 Å². The van der Waals surface area contributed by atoms with Gasteiger partial charge in [0, 0.05) is 0 Å². The molecule has 0 aromatic heterocycles. The smallest absolute Gasteiger partial charge is 0.106 e. The Balaban J connectivity index is 3.68. The lowest BCUT2D eigenvalue weighted by Crippen LogP contribution is -1.98. The Morgan fingerprint density at radius 2 is 1.25 bits per heavy atom. The van der Waals surface area contributed by atoms with Gasteiger partial charge in [-0.3, -0.25) is 0 Å². The highest BCUT2D eigenvalue weighted by atomic mass is 16.6. The zero-order chi connectivity index (χ0) is 9.40. The van der Waals surface area contributed by atoms with Crippen molar-refractivity contribution in [2.24, 2.45) is 10.3 Å². The molecule has 70 valence electrons. The molecule has 0 aromatic rings. The summed E-state index contributed by atoms with van der Waals surface area (Å²) in [6.07, 6.45) is 1.71. The Labute approximate surface area is 73.2 Å². The maximum Gasteiger partial charge on any atom is 0.106 e. The van der Waals surface area contributed by atoms with E-state index in [1.165, 1.54) is 0 Å². The summed E-state index contributed by atoms with van der Waals surface area (Å²) in [5, 5.41) is 7.56. The number of oxime groups is 2. The van der Waals surface area contributed by atoms with Gasteiger partial charge in [0.2, 0.25) is 0 Å². The normalized spacial score (nSPS) is 13.0. The van der Waals surface area contributed by atoms with E-state index in [2.05, 4.69) is 20.0 Å². The summed E-state index contributed by atoms with van der Waals surface area (Å²) in [6, 6.07) is 0. The summed E-state index contributed by atoms with van der Waals surface area (Å²) in [5.41, 5.74) is 1.92. The molecule has 0 spiro atoms. The zero-order valence-electron chi connectivity index (χ0n) is 8.13. The summed E-state index contributed by atoms with van der Waals surface area (Å²) < 4.78 is 0. The lowest BCUT2D eigenvalue weighted by Gasteiger charge is -1.98. The number of hydrogen-bond acceptors (Lipinski definition) is 4. The molecule has 0 fully saturated rings. The van der Waals surface area contributed by atoms with E-state index in [9.17, 15) is 0 Å². The van der Waals surface area contributed by atoms with Crippen molar-refractivity contribution >= 4 is 11.4 Å². The Hall–Kier alpha value is -1.06. The van der Waals surface area contributed by atoms with Gasteiger partial charge in [0.05, 0.1) is 11.4 Å². The predicted molar refractivity (Wildman–Crippen MR) is 49.5 cm³/mol. The summed E-state index contributed by atoms with van der Waals surface area (Å²) >= 11 is 0. The molecule has 4 heteroatoms. The van der Waals surface area contributed by atoms with Gasteiger partial charge in [-0.25, -0.2) is 0 Å². The molecule has 0 radical (unpaired) electrons. The van der Waals surface area contributed by atoms with Gasteiger partial charge in [-0.1, -0.05) is 10.3 Å². The first-order valence-electron chi connectivity index (χ1n) is 3.84. The molecule has 0 atom stereocenters. The molecule has 0 saturated heterocycles. The van der Waals surface area contributed by atoms with E-state index in [0.29, 0.717) is 0 Å². The van der Waals surface area contributed by atoms with Crippen molar-refractivity contribution in [2.45, 2.75) is 26.7 Å². The monoisotopic (exact) mass is 172 g/mol. The molecule has 0 aromatic carbocycles. The Morgan fingerprint density at radius 1 is 0.917 bits per heavy atom. The van der Waals surface area contributed by atoms with E-state index in [0.717, 1.165) is 24.3 Å². The average Bonchev–Trinajstić information content (AvgIpc) is 2.02. The summed E-state index contributed by atoms with van der Waals surface area (Å²) in [4.78, 5) is 9.23. The van der Waals surface area contributed by atoms with E-state index >= 15 is 0 Å². The molecular weight excluding hydrogens is 156 g/mol. The number of hydrogen-bond donors (Lipinski definition) is 0. The van der Waals surface area contributed by atoms with Gasteiger partial charge in [-0.2, -0.15) is 0 Å². The van der Waals surface area contributed by atoms with Crippen LogP contribution in [-0.4, -0.2) is 25.6 Å². The van der Waals surface area contributed by atoms with Crippen molar-refractivity contribution in [1.82, 2.24) is 0 Å². The van der Waals surface area contributed by atoms with Crippen LogP contribution in [0.25, 0.3) is 0 Å². The van der Waals surface area contributed by atoms with E-state index < -0.39 is 0 Å². The van der Waals surface area contributed by atoms with Crippen molar-refractivity contribution < 1.29 is 9.68 Å². The van der Waals surface area contributed by atoms with Gasteiger partial charge in [0.25, 0.3) is 0 Å². The van der Waals surface area contributed by atoms with Gasteiger partial charge in [-0.05, 0) is 26.7 Å². The molecule has 0 unspecified atom stereocenters. The molecule has 0 heterocycles. The molecule has 0 saturated carbocycles. The molecular formula is C8H16N2O2. The lowest BCUT2D eigenvalue weighted by molar-refractivity contribution is 0.211. The Bertz CT molecular complexity index is 156. The Morgan fingerprint density at radius 3 is 1.50 bits per heavy atom. The average molecular weight is 172 g/mol. The second-order valence-electron chi connectivity index (χ2n) is 2.52. The van der Waals surface area contributed by atoms with Crippen molar-refractivity contribution in [3.8, 4) is 0 Å². The second kappa shape index (κ2) is 6.64. The first-order valence-corrected chi connectivity index (χ1v) is 3.84. The first-order chi connectivity index (χ1) is 5.70. The minimum atomic E-state index is 0.854. The number of nitrogens with zero attached hydrogens (tertiary/aromatic N) is 2. The van der Waals surface area contributed by atoms with Gasteiger partial charge in [-0.15, -0.1) is 0 Å². The van der Waals surface area contributed by atoms with Crippen LogP contribution in [0, 0.1) is 0 Å². The fraction of sp³-hybridized carbons (Fsp3) is 0.750. The van der Waals surface area contributed by atoms with E-state index in [4.69, 9.17) is 0 Å². The third-order valence-corrected chi connectivity index (χ3v) is 1.34. The quantitative estimate of drug-likeness (QED) is 0.469. The summed E-state index contributed by atoms with van der Waals surface area (Å²) in [7, 11) is 3.08. The maximum absolute atomic E-state index is 4.61. The molecule has 0 aliphatic heterocycles. The van der Waals surface area contributed by atoms with Gasteiger partial charge < -0.3 is 9.68 Å². The topological polar surface area (TPSA) is 43.2 Å². The molecule has 0 bridgehead atoms. The predicted octanol–water partition coefficient (Wildman–Crippen LogP) is 1.81. The van der Waals surface area contributed by atoms with Crippen molar-refractivity contribution in [2.75, 3.05) is 14.2 Å². The van der Waals surface area contributed by atoms with Crippen LogP contribution in [-0.2, 0) is 9.68 Å². The zero-order valence-corrected chi connectivity index (χ0v) is 8.13. The fourth-order valence-electron chi connectivity index (χ4n) is 0.765. The van der Waals surface area contributed by atoms with Gasteiger partial charge >= 0.3 is 0 Å². The van der Waals surface area contributed by atoms with Crippen molar-refractivity contribution in [3.05, 3.63) is 0 Å². The molecule has 0 amide bonds. The van der Waals surface area contributed by atoms with Crippen LogP contribution < -0.4 is 0 Å². The molecule has 0 N–H and O–H groups in total. The molecule has 0 aliphatic carbocycles. The van der Waals surface area contributed by atoms with Crippen molar-refractivity contribution in [1.29, 1.82) is 0 Å². The van der Waals surface area contributed by atoms with Crippen LogP contribution in [0.2, 0.25) is 0 Å². The highest BCUT2D eigenvalue weighted by Gasteiger charge is 1.95. The van der Waals surface area contributed by atoms with Crippen LogP contribution in [0.5, 0.6) is 0 Å². The van der Waals surface area contributed by atoms with Gasteiger partial charge in [0.15, 0.2) is 0 Å². The van der Waals surface area contributed by atoms with Gasteiger partial charge in [0.1, 0.15) is 14.2 Å². The largest absolute Gasteiger partial charge is 0.399 e. The fourth-order valence-corrected chi connectivity index (χ4v) is 0.765. The highest BCUT2D eigenvalue weighted by Crippen LogP contribution is 1.96. The van der Waals surface area contributed by atoms with Crippen LogP contribution in [0.4, 0.5) is 0 Å². The van der Waals surface area contributed by atoms with Crippen molar-refractivity contribution in [3.63, 3.8) is 0 Å². The lowest BCUT2D eigenvalue weighted by atomic mass is 10.2. The van der Waals surface area contributed by atoms with Crippen LogP contribution in [0.3, 0.4) is 0 Å². The minimum absolute atomic E-state index is 0.854. The minimum Gasteiger partial charge on any atom is -0.399 e. The van der Waals surface area contributed by atoms with Crippen LogP contribution >= 0.6 is 0 Å². The first kappa shape index (κ1) is 10.9. The molecule has 0 rings (SSSR count). The van der Waals surface area contributed by atoms with Crippen LogP contribution in [0.15, 0.2) is 10.3 Å². The molecule has 4 nitrogen and oxygen atoms in total. The molecule has 0 aliphatic rings. The Kier molecular flexibility index (Phi) is 6.05. The SMILES string of the molecule is CO/N=C(\C)CC/C(C)=N/OC. The third-order valence-electron chi connectivity index (χ3n) is 1.34. The summed E-state index contributed by atoms with van der Waals surface area (Å²) in [5.74, 6) is 0. The van der Waals surface area contributed by atoms with E-state index in [1.54, 1.807) is 14.2 Å². The third kappa shape index (κ3) is 5.70. The number of rotatable bonds is 5. The molecule has 12 heavy (non-hydrogen) atoms. The van der Waals surface area contributed by atoms with E-state index in [-0.39, 0.29) is 0 Å². The highest BCUT2D eigenvalue weighted by molar-refractivity contribution is 5.88. The maximum atomic E-state index is 4.61. The summed E-state index contributed by atoms with van der Waals surface area (Å²) in [6.45, 7) is 3.84. The standard InChI is InChI=1S/C8H16N2O2/c1-7(9-11-3)5-6-8(2)10-12-4/h5-6H2,1-4H3/b9-7+,10-8+.